The van der Waals surface area contributed by atoms with Crippen LogP contribution in [0.1, 0.15) is 17.4 Å². The molecule has 0 saturated heterocycles. The van der Waals surface area contributed by atoms with Gasteiger partial charge in [0.25, 0.3) is 0 Å². The lowest BCUT2D eigenvalue weighted by atomic mass is 10.1. The third-order valence-corrected chi connectivity index (χ3v) is 1.96. The second-order valence-electron chi connectivity index (χ2n) is 2.88. The van der Waals surface area contributed by atoms with Crippen molar-refractivity contribution in [2.45, 2.75) is 13.0 Å². The fourth-order valence-corrected chi connectivity index (χ4v) is 1.40. The number of aliphatic hydroxyl groups is 1. The molecule has 0 spiro atoms. The van der Waals surface area contributed by atoms with Crippen molar-refractivity contribution in [1.82, 2.24) is 9.78 Å². The summed E-state index contributed by atoms with van der Waals surface area (Å²) >= 11 is 0. The van der Waals surface area contributed by atoms with E-state index < -0.39 is 6.10 Å². The van der Waals surface area contributed by atoms with Gasteiger partial charge in [-0.3, -0.25) is 0 Å². The number of nitrogens with zero attached hydrogens (tertiary/aromatic N) is 2. The third kappa shape index (κ3) is 1.66. The Hall–Kier alpha value is -1.07. The highest BCUT2D eigenvalue weighted by molar-refractivity contribution is 5.33. The number of rotatable bonds is 3. The summed E-state index contributed by atoms with van der Waals surface area (Å²) in [4.78, 5) is 0. The lowest BCUT2D eigenvalue weighted by Gasteiger charge is -2.09. The van der Waals surface area contributed by atoms with Crippen LogP contribution in [0.3, 0.4) is 0 Å². The predicted molar refractivity (Wildman–Crippen MR) is 48.5 cm³/mol. The van der Waals surface area contributed by atoms with Crippen LogP contribution in [-0.4, -0.2) is 28.5 Å². The Bertz CT molecular complexity index is 296. The number of aryl methyl sites for hydroxylation is 2. The second kappa shape index (κ2) is 3.76. The molecule has 13 heavy (non-hydrogen) atoms. The van der Waals surface area contributed by atoms with Gasteiger partial charge in [0.2, 0.25) is 5.88 Å². The maximum atomic E-state index is 9.58. The van der Waals surface area contributed by atoms with Gasteiger partial charge in [-0.05, 0) is 6.92 Å². The fraction of sp³-hybridized carbons (Fsp3) is 0.625. The Morgan fingerprint density at radius 2 is 2.31 bits per heavy atom. The van der Waals surface area contributed by atoms with Crippen molar-refractivity contribution in [3.63, 3.8) is 0 Å². The van der Waals surface area contributed by atoms with Crippen LogP contribution in [0.25, 0.3) is 0 Å². The summed E-state index contributed by atoms with van der Waals surface area (Å²) in [5.41, 5.74) is 6.78. The summed E-state index contributed by atoms with van der Waals surface area (Å²) in [6.07, 6.45) is -0.705. The van der Waals surface area contributed by atoms with Crippen LogP contribution in [0.5, 0.6) is 5.88 Å². The van der Waals surface area contributed by atoms with Gasteiger partial charge < -0.3 is 15.6 Å². The van der Waals surface area contributed by atoms with E-state index in [1.54, 1.807) is 18.8 Å². The van der Waals surface area contributed by atoms with E-state index >= 15 is 0 Å². The molecule has 0 radical (unpaired) electrons. The molecule has 5 nitrogen and oxygen atoms in total. The minimum atomic E-state index is -0.705. The molecule has 5 heteroatoms. The molecule has 0 bridgehead atoms. The first kappa shape index (κ1) is 10.0. The van der Waals surface area contributed by atoms with E-state index in [0.29, 0.717) is 11.4 Å². The molecule has 0 aromatic carbocycles. The summed E-state index contributed by atoms with van der Waals surface area (Å²) in [6.45, 7) is 1.99. The van der Waals surface area contributed by atoms with Crippen molar-refractivity contribution in [2.75, 3.05) is 13.7 Å². The SMILES string of the molecule is COc1c([C@H](O)CN)c(C)nn1C. The Labute approximate surface area is 77.1 Å². The van der Waals surface area contributed by atoms with Crippen LogP contribution >= 0.6 is 0 Å². The summed E-state index contributed by atoms with van der Waals surface area (Å²) in [5, 5.41) is 13.7. The van der Waals surface area contributed by atoms with Crippen LogP contribution in [-0.2, 0) is 7.05 Å². The van der Waals surface area contributed by atoms with Crippen molar-refractivity contribution >= 4 is 0 Å². The molecule has 0 unspecified atom stereocenters. The zero-order chi connectivity index (χ0) is 10.0. The van der Waals surface area contributed by atoms with Gasteiger partial charge in [-0.25, -0.2) is 4.68 Å². The number of aromatic nitrogens is 2. The molecule has 0 aliphatic carbocycles. The highest BCUT2D eigenvalue weighted by Gasteiger charge is 2.19. The quantitative estimate of drug-likeness (QED) is 0.679. The Morgan fingerprint density at radius 3 is 2.77 bits per heavy atom. The maximum Gasteiger partial charge on any atom is 0.217 e. The molecule has 1 heterocycles. The van der Waals surface area contributed by atoms with Crippen molar-refractivity contribution in [1.29, 1.82) is 0 Å². The van der Waals surface area contributed by atoms with Crippen LogP contribution in [0, 0.1) is 6.92 Å². The number of nitrogens with two attached hydrogens (primary N) is 1. The number of aliphatic hydroxyl groups excluding tert-OH is 1. The average molecular weight is 185 g/mol. The van der Waals surface area contributed by atoms with Gasteiger partial charge in [0, 0.05) is 13.6 Å². The smallest absolute Gasteiger partial charge is 0.217 e. The van der Waals surface area contributed by atoms with Crippen LogP contribution in [0.15, 0.2) is 0 Å². The van der Waals surface area contributed by atoms with E-state index in [4.69, 9.17) is 10.5 Å². The minimum Gasteiger partial charge on any atom is -0.481 e. The Kier molecular flexibility index (Phi) is 2.90. The van der Waals surface area contributed by atoms with Crippen molar-refractivity contribution in [3.05, 3.63) is 11.3 Å². The minimum absolute atomic E-state index is 0.170. The lowest BCUT2D eigenvalue weighted by molar-refractivity contribution is 0.180. The molecule has 1 aromatic rings. The lowest BCUT2D eigenvalue weighted by Crippen LogP contribution is -2.13. The summed E-state index contributed by atoms with van der Waals surface area (Å²) in [5.74, 6) is 0.565. The second-order valence-corrected chi connectivity index (χ2v) is 2.88. The summed E-state index contributed by atoms with van der Waals surface area (Å²) < 4.78 is 6.69. The topological polar surface area (TPSA) is 73.3 Å². The van der Waals surface area contributed by atoms with E-state index in [9.17, 15) is 5.11 Å². The molecular formula is C8H15N3O2. The highest BCUT2D eigenvalue weighted by Crippen LogP contribution is 2.26. The standard InChI is InChI=1S/C8H15N3O2/c1-5-7(6(12)4-9)8(13-3)11(2)10-5/h6,12H,4,9H2,1-3H3/t6-/m1/s1. The van der Waals surface area contributed by atoms with Gasteiger partial charge in [-0.2, -0.15) is 5.10 Å². The fourth-order valence-electron chi connectivity index (χ4n) is 1.40. The monoisotopic (exact) mass is 185 g/mol. The zero-order valence-corrected chi connectivity index (χ0v) is 8.11. The molecule has 1 rings (SSSR count). The van der Waals surface area contributed by atoms with Gasteiger partial charge in [0.1, 0.15) is 0 Å². The number of hydrogen-bond acceptors (Lipinski definition) is 4. The van der Waals surface area contributed by atoms with Crippen LogP contribution in [0.4, 0.5) is 0 Å². The van der Waals surface area contributed by atoms with E-state index in [0.717, 1.165) is 5.69 Å². The predicted octanol–water partition coefficient (Wildman–Crippen LogP) is -0.271. The number of ether oxygens (including phenoxy) is 1. The maximum absolute atomic E-state index is 9.58. The van der Waals surface area contributed by atoms with Crippen LogP contribution < -0.4 is 10.5 Å². The van der Waals surface area contributed by atoms with E-state index in [1.165, 1.54) is 0 Å². The first-order chi connectivity index (χ1) is 6.11. The largest absolute Gasteiger partial charge is 0.481 e. The van der Waals surface area contributed by atoms with Gasteiger partial charge in [0.05, 0.1) is 24.5 Å². The molecule has 0 saturated carbocycles. The highest BCUT2D eigenvalue weighted by atomic mass is 16.5. The van der Waals surface area contributed by atoms with Crippen molar-refractivity contribution < 1.29 is 9.84 Å². The number of hydrogen-bond donors (Lipinski definition) is 2. The molecule has 0 fully saturated rings. The molecule has 3 N–H and O–H groups in total. The van der Waals surface area contributed by atoms with Crippen LogP contribution in [0.2, 0.25) is 0 Å². The Morgan fingerprint density at radius 1 is 1.69 bits per heavy atom. The first-order valence-electron chi connectivity index (χ1n) is 4.07. The van der Waals surface area contributed by atoms with E-state index in [-0.39, 0.29) is 6.54 Å². The first-order valence-corrected chi connectivity index (χ1v) is 4.07. The molecule has 0 aliphatic rings. The Balaban J connectivity index is 3.16. The van der Waals surface area contributed by atoms with Gasteiger partial charge in [-0.1, -0.05) is 0 Å². The van der Waals surface area contributed by atoms with E-state index in [2.05, 4.69) is 5.10 Å². The van der Waals surface area contributed by atoms with Gasteiger partial charge >= 0.3 is 0 Å². The van der Waals surface area contributed by atoms with Gasteiger partial charge in [-0.15, -0.1) is 0 Å². The molecule has 0 amide bonds. The molecule has 1 atom stereocenters. The summed E-state index contributed by atoms with van der Waals surface area (Å²) in [7, 11) is 3.31. The zero-order valence-electron chi connectivity index (χ0n) is 8.11. The van der Waals surface area contributed by atoms with Crippen molar-refractivity contribution in [2.24, 2.45) is 12.8 Å². The third-order valence-electron chi connectivity index (χ3n) is 1.96. The molecule has 74 valence electrons. The van der Waals surface area contributed by atoms with E-state index in [1.807, 2.05) is 6.92 Å². The average Bonchev–Trinajstić information content (AvgIpc) is 2.39. The van der Waals surface area contributed by atoms with Crippen molar-refractivity contribution in [3.8, 4) is 5.88 Å². The molecule has 0 aliphatic heterocycles. The molecular weight excluding hydrogens is 170 g/mol. The van der Waals surface area contributed by atoms with Gasteiger partial charge in [0.15, 0.2) is 0 Å². The molecule has 1 aromatic heterocycles. The summed E-state index contributed by atoms with van der Waals surface area (Å²) in [6, 6.07) is 0. The number of methoxy groups -OCH3 is 1. The normalized spacial score (nSPS) is 13.0.